The second-order valence-electron chi connectivity index (χ2n) is 8.72. The summed E-state index contributed by atoms with van der Waals surface area (Å²) in [4.78, 5) is 12.7. The molecule has 2 aromatic carbocycles. The van der Waals surface area contributed by atoms with E-state index in [9.17, 15) is 13.2 Å². The van der Waals surface area contributed by atoms with Gasteiger partial charge in [-0.1, -0.05) is 0 Å². The van der Waals surface area contributed by atoms with Crippen LogP contribution in [0.4, 0.5) is 5.69 Å². The normalized spacial score (nSPS) is 15.0. The van der Waals surface area contributed by atoms with Gasteiger partial charge >= 0.3 is 0 Å². The molecule has 7 nitrogen and oxygen atoms in total. The van der Waals surface area contributed by atoms with Gasteiger partial charge in [0.25, 0.3) is 5.91 Å². The second kappa shape index (κ2) is 9.28. The third kappa shape index (κ3) is 6.21. The van der Waals surface area contributed by atoms with Crippen LogP contribution < -0.4 is 19.5 Å². The maximum absolute atomic E-state index is 12.8. The number of hydrogen-bond donors (Lipinski definition) is 2. The van der Waals surface area contributed by atoms with E-state index < -0.39 is 21.5 Å². The lowest BCUT2D eigenvalue weighted by molar-refractivity contribution is 0.102. The summed E-state index contributed by atoms with van der Waals surface area (Å²) in [5.41, 5.74) is 0.128. The lowest BCUT2D eigenvalue weighted by Crippen LogP contribution is -2.40. The highest BCUT2D eigenvalue weighted by Crippen LogP contribution is 2.27. The minimum absolute atomic E-state index is 0.0853. The Bertz CT molecular complexity index is 1020. The predicted octanol–water partition coefficient (Wildman–Crippen LogP) is 4.35. The SMILES string of the molecule is COc1ccc(C(=O)Nc2ccc(OC3CCCC3)cc2)cc1S(=O)(=O)NC(C)(C)C. The summed E-state index contributed by atoms with van der Waals surface area (Å²) in [6.07, 6.45) is 4.81. The van der Waals surface area contributed by atoms with Crippen molar-refractivity contribution < 1.29 is 22.7 Å². The van der Waals surface area contributed by atoms with Crippen LogP contribution in [0.15, 0.2) is 47.4 Å². The number of methoxy groups -OCH3 is 1. The van der Waals surface area contributed by atoms with Crippen LogP contribution in [-0.4, -0.2) is 33.1 Å². The first kappa shape index (κ1) is 23.1. The molecular weight excluding hydrogens is 416 g/mol. The summed E-state index contributed by atoms with van der Waals surface area (Å²) in [6.45, 7) is 5.23. The lowest BCUT2D eigenvalue weighted by atomic mass is 10.1. The first-order chi connectivity index (χ1) is 14.6. The van der Waals surface area contributed by atoms with E-state index in [4.69, 9.17) is 9.47 Å². The molecule has 1 amide bonds. The van der Waals surface area contributed by atoms with E-state index in [0.717, 1.165) is 18.6 Å². The maximum atomic E-state index is 12.8. The quantitative estimate of drug-likeness (QED) is 0.660. The molecule has 3 rings (SSSR count). The second-order valence-corrected chi connectivity index (χ2v) is 10.4. The van der Waals surface area contributed by atoms with Crippen molar-refractivity contribution in [3.63, 3.8) is 0 Å². The lowest BCUT2D eigenvalue weighted by Gasteiger charge is -2.21. The molecular formula is C23H30N2O5S. The van der Waals surface area contributed by atoms with Crippen molar-refractivity contribution in [2.24, 2.45) is 0 Å². The Balaban J connectivity index is 1.75. The van der Waals surface area contributed by atoms with Crippen molar-refractivity contribution in [2.75, 3.05) is 12.4 Å². The summed E-state index contributed by atoms with van der Waals surface area (Å²) in [6, 6.07) is 11.5. The zero-order valence-electron chi connectivity index (χ0n) is 18.4. The van der Waals surface area contributed by atoms with Gasteiger partial charge in [0.05, 0.1) is 13.2 Å². The first-order valence-corrected chi connectivity index (χ1v) is 11.9. The van der Waals surface area contributed by atoms with Crippen LogP contribution in [0.5, 0.6) is 11.5 Å². The molecule has 0 aromatic heterocycles. The topological polar surface area (TPSA) is 93.7 Å². The molecule has 0 spiro atoms. The van der Waals surface area contributed by atoms with Gasteiger partial charge in [-0.15, -0.1) is 0 Å². The number of rotatable bonds is 7. The van der Waals surface area contributed by atoms with Crippen molar-refractivity contribution in [1.82, 2.24) is 4.72 Å². The number of ether oxygens (including phenoxy) is 2. The highest BCUT2D eigenvalue weighted by atomic mass is 32.2. The molecule has 0 atom stereocenters. The molecule has 0 aliphatic heterocycles. The summed E-state index contributed by atoms with van der Waals surface area (Å²) in [7, 11) is -2.49. The molecule has 2 aromatic rings. The standard InChI is InChI=1S/C23H30N2O5S/c1-23(2,3)25-31(27,28)21-15-16(9-14-20(21)29-4)22(26)24-17-10-12-19(13-11-17)30-18-7-5-6-8-18/h9-15,18,25H,5-8H2,1-4H3,(H,24,26). The van der Waals surface area contributed by atoms with Crippen LogP contribution in [0.25, 0.3) is 0 Å². The van der Waals surface area contributed by atoms with Crippen LogP contribution in [0.2, 0.25) is 0 Å². The fourth-order valence-corrected chi connectivity index (χ4v) is 5.12. The average molecular weight is 447 g/mol. The largest absolute Gasteiger partial charge is 0.495 e. The van der Waals surface area contributed by atoms with E-state index in [1.54, 1.807) is 32.9 Å². The molecule has 31 heavy (non-hydrogen) atoms. The summed E-state index contributed by atoms with van der Waals surface area (Å²) < 4.78 is 39.3. The zero-order valence-corrected chi connectivity index (χ0v) is 19.2. The van der Waals surface area contributed by atoms with E-state index in [2.05, 4.69) is 10.0 Å². The zero-order chi connectivity index (χ0) is 22.6. The molecule has 0 saturated heterocycles. The number of benzene rings is 2. The third-order valence-corrected chi connectivity index (χ3v) is 6.65. The van der Waals surface area contributed by atoms with Crippen LogP contribution in [0.3, 0.4) is 0 Å². The van der Waals surface area contributed by atoms with Gasteiger partial charge in [0, 0.05) is 16.8 Å². The highest BCUT2D eigenvalue weighted by molar-refractivity contribution is 7.89. The van der Waals surface area contributed by atoms with Gasteiger partial charge in [0.2, 0.25) is 10.0 Å². The number of carbonyl (C=O) groups is 1. The molecule has 1 aliphatic rings. The van der Waals surface area contributed by atoms with E-state index >= 15 is 0 Å². The Labute approximate surface area is 184 Å². The van der Waals surface area contributed by atoms with Crippen molar-refractivity contribution in [1.29, 1.82) is 0 Å². The molecule has 1 fully saturated rings. The molecule has 0 radical (unpaired) electrons. The van der Waals surface area contributed by atoms with Crippen molar-refractivity contribution in [3.05, 3.63) is 48.0 Å². The minimum Gasteiger partial charge on any atom is -0.495 e. The molecule has 2 N–H and O–H groups in total. The van der Waals surface area contributed by atoms with Gasteiger partial charge < -0.3 is 14.8 Å². The van der Waals surface area contributed by atoms with E-state index in [-0.39, 0.29) is 22.3 Å². The van der Waals surface area contributed by atoms with Crippen molar-refractivity contribution >= 4 is 21.6 Å². The van der Waals surface area contributed by atoms with E-state index in [1.165, 1.54) is 38.2 Å². The summed E-state index contributed by atoms with van der Waals surface area (Å²) in [5, 5.41) is 2.79. The minimum atomic E-state index is -3.88. The van der Waals surface area contributed by atoms with Gasteiger partial charge in [-0.3, -0.25) is 4.79 Å². The van der Waals surface area contributed by atoms with Crippen LogP contribution in [0, 0.1) is 0 Å². The van der Waals surface area contributed by atoms with Gasteiger partial charge in [-0.25, -0.2) is 13.1 Å². The highest BCUT2D eigenvalue weighted by Gasteiger charge is 2.26. The Morgan fingerprint density at radius 3 is 2.26 bits per heavy atom. The third-order valence-electron chi connectivity index (χ3n) is 4.87. The Morgan fingerprint density at radius 1 is 1.03 bits per heavy atom. The number of carbonyl (C=O) groups excluding carboxylic acids is 1. The number of sulfonamides is 1. The molecule has 8 heteroatoms. The number of anilines is 1. The maximum Gasteiger partial charge on any atom is 0.255 e. The Hall–Kier alpha value is -2.58. The summed E-state index contributed by atoms with van der Waals surface area (Å²) in [5.74, 6) is 0.525. The molecule has 0 bridgehead atoms. The van der Waals surface area contributed by atoms with Crippen LogP contribution in [-0.2, 0) is 10.0 Å². The van der Waals surface area contributed by atoms with Gasteiger partial charge in [-0.2, -0.15) is 0 Å². The monoisotopic (exact) mass is 446 g/mol. The van der Waals surface area contributed by atoms with Crippen molar-refractivity contribution in [2.45, 2.75) is 63.0 Å². The fourth-order valence-electron chi connectivity index (χ4n) is 3.50. The number of nitrogens with one attached hydrogen (secondary N) is 2. The van der Waals surface area contributed by atoms with Gasteiger partial charge in [0.1, 0.15) is 16.4 Å². The number of amides is 1. The van der Waals surface area contributed by atoms with Gasteiger partial charge in [0.15, 0.2) is 0 Å². The molecule has 0 unspecified atom stereocenters. The number of hydrogen-bond acceptors (Lipinski definition) is 5. The predicted molar refractivity (Wildman–Crippen MR) is 120 cm³/mol. The molecule has 1 saturated carbocycles. The molecule has 0 heterocycles. The Morgan fingerprint density at radius 2 is 1.68 bits per heavy atom. The average Bonchev–Trinajstić information content (AvgIpc) is 3.20. The molecule has 168 valence electrons. The van der Waals surface area contributed by atoms with Gasteiger partial charge in [-0.05, 0) is 88.9 Å². The summed E-state index contributed by atoms with van der Waals surface area (Å²) >= 11 is 0. The fraction of sp³-hybridized carbons (Fsp3) is 0.435. The smallest absolute Gasteiger partial charge is 0.255 e. The van der Waals surface area contributed by atoms with Crippen molar-refractivity contribution in [3.8, 4) is 11.5 Å². The van der Waals surface area contributed by atoms with E-state index in [0.29, 0.717) is 5.69 Å². The van der Waals surface area contributed by atoms with Crippen LogP contribution in [0.1, 0.15) is 56.8 Å². The first-order valence-electron chi connectivity index (χ1n) is 10.4. The molecule has 1 aliphatic carbocycles. The Kier molecular flexibility index (Phi) is 6.91. The van der Waals surface area contributed by atoms with Crippen LogP contribution >= 0.6 is 0 Å². The van der Waals surface area contributed by atoms with E-state index in [1.807, 2.05) is 12.1 Å².